The average Bonchev–Trinajstić information content (AvgIpc) is 2.25. The molecule has 25 heteroatoms. The Balaban J connectivity index is 1.89. The highest BCUT2D eigenvalue weighted by molar-refractivity contribution is 6.29. The van der Waals surface area contributed by atoms with Crippen LogP contribution in [0.25, 0.3) is 0 Å². The third kappa shape index (κ3) is 22.1. The number of piperidine rings is 1. The Labute approximate surface area is 542 Å². The van der Waals surface area contributed by atoms with Gasteiger partial charge in [-0.25, -0.2) is 4.99 Å². The molecule has 12 amide bonds. The van der Waals surface area contributed by atoms with Gasteiger partial charge in [0.15, 0.2) is 0 Å². The number of rotatable bonds is 14. The SMILES string of the molecule is CC[C@H](C)[C@@H]1NC(=O)[C@H](Cc2ccccc2)N(C)C(=O)[C@H](CCc2ccccc2)NC(=O)[C@H](C(C)C)N(C)C(=O)[C@H](CC(C)C)N(C)C(=O)[C@H](CC(C)C)NC(=O)[C@@H](C)NC(=O)C[C@@H](C(=O)N2CCCCC2)NC(=O)[C@H]([C@@H](C)O)NC(=O)C=NC(=O)[C@H](C)N(C)C1=O. The Morgan fingerprint density at radius 2 is 1.13 bits per heavy atom. The van der Waals surface area contributed by atoms with E-state index in [1.165, 1.54) is 68.6 Å². The highest BCUT2D eigenvalue weighted by atomic mass is 16.3. The number of aryl methyl sites for hydroxylation is 1. The van der Waals surface area contributed by atoms with E-state index in [0.29, 0.717) is 50.6 Å². The van der Waals surface area contributed by atoms with Crippen LogP contribution in [0.4, 0.5) is 0 Å². The molecule has 92 heavy (non-hydrogen) atoms. The lowest BCUT2D eigenvalue weighted by Gasteiger charge is -2.38. The van der Waals surface area contributed by atoms with Crippen molar-refractivity contribution in [3.63, 3.8) is 0 Å². The second-order valence-corrected chi connectivity index (χ2v) is 25.9. The number of aliphatic imine (C=N–C) groups is 1. The number of aliphatic hydroxyl groups is 1. The Morgan fingerprint density at radius 3 is 1.68 bits per heavy atom. The zero-order valence-electron chi connectivity index (χ0n) is 56.5. The first-order valence-electron chi connectivity index (χ1n) is 32.3. The normalized spacial score (nSPS) is 26.0. The van der Waals surface area contributed by atoms with Crippen molar-refractivity contribution in [1.82, 2.24) is 56.4 Å². The van der Waals surface area contributed by atoms with Crippen LogP contribution in [-0.4, -0.2) is 215 Å². The monoisotopic (exact) mass is 1280 g/mol. The summed E-state index contributed by atoms with van der Waals surface area (Å²) in [6.45, 7) is 19.0. The summed E-state index contributed by atoms with van der Waals surface area (Å²) in [5, 5.41) is 26.8. The van der Waals surface area contributed by atoms with Crippen molar-refractivity contribution in [2.45, 2.75) is 207 Å². The van der Waals surface area contributed by atoms with Crippen LogP contribution in [0.15, 0.2) is 65.7 Å². The van der Waals surface area contributed by atoms with Crippen LogP contribution < -0.4 is 31.9 Å². The number of hydrogen-bond donors (Lipinski definition) is 7. The van der Waals surface area contributed by atoms with E-state index in [9.17, 15) is 43.5 Å². The van der Waals surface area contributed by atoms with Gasteiger partial charge in [0.2, 0.25) is 59.1 Å². The van der Waals surface area contributed by atoms with E-state index in [4.69, 9.17) is 0 Å². The quantitative estimate of drug-likeness (QED) is 0.143. The maximum Gasteiger partial charge on any atom is 0.268 e. The molecule has 25 nitrogen and oxygen atoms in total. The molecule has 2 aromatic carbocycles. The summed E-state index contributed by atoms with van der Waals surface area (Å²) in [4.78, 5) is 184. The van der Waals surface area contributed by atoms with Gasteiger partial charge in [-0.2, -0.15) is 0 Å². The average molecular weight is 1280 g/mol. The molecule has 2 aromatic rings. The molecule has 2 heterocycles. The van der Waals surface area contributed by atoms with Crippen LogP contribution in [0.5, 0.6) is 0 Å². The van der Waals surface area contributed by atoms with Gasteiger partial charge >= 0.3 is 0 Å². The third-order valence-corrected chi connectivity index (χ3v) is 17.2. The Bertz CT molecular complexity index is 2900. The topological polar surface area (TPSA) is 326 Å². The molecule has 0 spiro atoms. The molecule has 7 N–H and O–H groups in total. The van der Waals surface area contributed by atoms with E-state index in [-0.39, 0.29) is 37.5 Å². The van der Waals surface area contributed by atoms with Crippen LogP contribution in [0.3, 0.4) is 0 Å². The van der Waals surface area contributed by atoms with E-state index < -0.39 is 156 Å². The van der Waals surface area contributed by atoms with E-state index in [1.807, 2.05) is 58.0 Å². The Hall–Kier alpha value is -8.09. The minimum Gasteiger partial charge on any atom is -0.391 e. The number of likely N-dealkylation sites (tertiary alicyclic amines) is 1. The molecule has 0 radical (unpaired) electrons. The Morgan fingerprint density at radius 1 is 0.576 bits per heavy atom. The van der Waals surface area contributed by atoms with Crippen LogP contribution in [0, 0.1) is 23.7 Å². The molecule has 0 aromatic heterocycles. The van der Waals surface area contributed by atoms with Gasteiger partial charge in [-0.05, 0) is 101 Å². The minimum absolute atomic E-state index is 0.0430. The fraction of sp³-hybridized carbons (Fsp3) is 0.627. The molecule has 4 rings (SSSR count). The molecule has 2 aliphatic rings. The molecular weight excluding hydrogens is 1180 g/mol. The molecule has 2 aliphatic heterocycles. The molecule has 0 saturated carbocycles. The highest BCUT2D eigenvalue weighted by Crippen LogP contribution is 2.23. The van der Waals surface area contributed by atoms with Crippen LogP contribution in [-0.2, 0) is 70.4 Å². The summed E-state index contributed by atoms with van der Waals surface area (Å²) in [7, 11) is 5.65. The maximum absolute atomic E-state index is 15.3. The number of carbonyl (C=O) groups is 12. The van der Waals surface area contributed by atoms with E-state index in [1.54, 1.807) is 58.0 Å². The highest BCUT2D eigenvalue weighted by Gasteiger charge is 2.43. The summed E-state index contributed by atoms with van der Waals surface area (Å²) >= 11 is 0. The molecule has 1 fully saturated rings. The third-order valence-electron chi connectivity index (χ3n) is 17.2. The van der Waals surface area contributed by atoms with E-state index >= 15 is 19.2 Å². The van der Waals surface area contributed by atoms with Crippen molar-refractivity contribution in [3.8, 4) is 0 Å². The van der Waals surface area contributed by atoms with Gasteiger partial charge in [-0.15, -0.1) is 0 Å². The number of carbonyl (C=O) groups excluding carboxylic acids is 12. The van der Waals surface area contributed by atoms with Crippen molar-refractivity contribution < 1.29 is 62.6 Å². The van der Waals surface area contributed by atoms with Gasteiger partial charge in [0, 0.05) is 47.7 Å². The molecule has 0 bridgehead atoms. The summed E-state index contributed by atoms with van der Waals surface area (Å²) in [5.74, 6) is -11.0. The summed E-state index contributed by atoms with van der Waals surface area (Å²) in [6, 6.07) is 4.64. The lowest BCUT2D eigenvalue weighted by atomic mass is 9.95. The first kappa shape index (κ1) is 76.4. The number of aliphatic hydroxyl groups excluding tert-OH is 1. The maximum atomic E-state index is 15.3. The zero-order valence-corrected chi connectivity index (χ0v) is 56.5. The molecule has 0 unspecified atom stereocenters. The first-order valence-corrected chi connectivity index (χ1v) is 32.3. The number of likely N-dealkylation sites (N-methyl/N-ethyl adjacent to an activating group) is 4. The van der Waals surface area contributed by atoms with Crippen molar-refractivity contribution in [2.75, 3.05) is 41.3 Å². The van der Waals surface area contributed by atoms with E-state index in [2.05, 4.69) is 36.9 Å². The van der Waals surface area contributed by atoms with Gasteiger partial charge in [0.05, 0.1) is 18.7 Å². The molecule has 508 valence electrons. The standard InChI is InChI=1S/C67H102N12O13/c1-16-42(8)55-67(92)75(12)44(10)59(84)68-38-54(82)73-56(45(11)80)61(86)72-50(65(90)79-32-24-19-25-33-79)37-53(81)69-43(9)58(83)71-49(34-39(2)3)64(89)77(14)52(35-40(4)5)66(91)78(15)57(41(6)7)62(87)70-48(31-30-46-26-20-17-21-27-46)63(88)76(13)51(60(85)74-55)36-47-28-22-18-23-29-47/h17-18,20-23,26-29,38-45,48-52,55-57,80H,16,19,24-25,30-37H2,1-15H3,(H,69,81)(H,70,87)(H,71,83)(H,72,86)(H,73,82)(H,74,85)/t42-,43+,44-,45+,48-,49-,50-,51-,52-,55-,56-,57-/m0/s1. The second kappa shape index (κ2) is 36.2. The number of amides is 12. The molecular formula is C67H102N12O13. The fourth-order valence-corrected chi connectivity index (χ4v) is 11.4. The van der Waals surface area contributed by atoms with Crippen LogP contribution in [0.2, 0.25) is 0 Å². The first-order chi connectivity index (χ1) is 43.3. The van der Waals surface area contributed by atoms with Gasteiger partial charge in [0.25, 0.3) is 11.8 Å². The van der Waals surface area contributed by atoms with Crippen LogP contribution in [0.1, 0.15) is 139 Å². The number of hydrogen-bond acceptors (Lipinski definition) is 13. The van der Waals surface area contributed by atoms with Crippen molar-refractivity contribution in [2.24, 2.45) is 28.7 Å². The summed E-state index contributed by atoms with van der Waals surface area (Å²) < 4.78 is 0. The summed E-state index contributed by atoms with van der Waals surface area (Å²) in [5.41, 5.74) is 1.50. The van der Waals surface area contributed by atoms with Gasteiger partial charge in [-0.1, -0.05) is 122 Å². The number of nitrogens with one attached hydrogen (secondary N) is 6. The van der Waals surface area contributed by atoms with Crippen molar-refractivity contribution in [3.05, 3.63) is 71.8 Å². The predicted molar refractivity (Wildman–Crippen MR) is 348 cm³/mol. The van der Waals surface area contributed by atoms with Gasteiger partial charge in [-0.3, -0.25) is 57.5 Å². The smallest absolute Gasteiger partial charge is 0.268 e. The fourth-order valence-electron chi connectivity index (χ4n) is 11.4. The van der Waals surface area contributed by atoms with Crippen LogP contribution >= 0.6 is 0 Å². The lowest BCUT2D eigenvalue weighted by Crippen LogP contribution is -2.62. The summed E-state index contributed by atoms with van der Waals surface area (Å²) in [6.07, 6.45) is 1.28. The molecule has 1 saturated heterocycles. The largest absolute Gasteiger partial charge is 0.391 e. The predicted octanol–water partition coefficient (Wildman–Crippen LogP) is 2.31. The lowest BCUT2D eigenvalue weighted by molar-refractivity contribution is -0.151. The molecule has 12 atom stereocenters. The van der Waals surface area contributed by atoms with E-state index in [0.717, 1.165) is 16.9 Å². The molecule has 0 aliphatic carbocycles. The van der Waals surface area contributed by atoms with Gasteiger partial charge < -0.3 is 61.5 Å². The van der Waals surface area contributed by atoms with Crippen molar-refractivity contribution in [1.29, 1.82) is 0 Å². The zero-order chi connectivity index (χ0) is 68.8. The number of nitrogens with zero attached hydrogens (tertiary/aromatic N) is 6. The second-order valence-electron chi connectivity index (χ2n) is 25.9. The number of benzene rings is 2. The van der Waals surface area contributed by atoms with Gasteiger partial charge in [0.1, 0.15) is 60.4 Å². The minimum atomic E-state index is -1.77. The Kier molecular flexibility index (Phi) is 30.1. The van der Waals surface area contributed by atoms with Crippen molar-refractivity contribution >= 4 is 77.1 Å².